The molecule has 0 saturated heterocycles. The lowest BCUT2D eigenvalue weighted by molar-refractivity contribution is 0.774. The van der Waals surface area contributed by atoms with E-state index >= 15 is 0 Å². The van der Waals surface area contributed by atoms with Crippen molar-refractivity contribution in [2.75, 3.05) is 25.1 Å². The van der Waals surface area contributed by atoms with Crippen molar-refractivity contribution in [3.63, 3.8) is 0 Å². The molecular formula is C13H22Cl2N4S. The average Bonchev–Trinajstić information content (AvgIpc) is 2.68. The first-order valence-electron chi connectivity index (χ1n) is 6.60. The first kappa shape index (κ1) is 17.5. The predicted molar refractivity (Wildman–Crippen MR) is 91.3 cm³/mol. The molecule has 0 unspecified atom stereocenters. The van der Waals surface area contributed by atoms with Gasteiger partial charge in [-0.15, -0.1) is 0 Å². The van der Waals surface area contributed by atoms with Crippen LogP contribution in [-0.2, 0) is 13.6 Å². The van der Waals surface area contributed by atoms with E-state index in [0.29, 0.717) is 16.7 Å². The molecule has 0 fully saturated rings. The van der Waals surface area contributed by atoms with Gasteiger partial charge in [0.25, 0.3) is 0 Å². The molecule has 0 aromatic carbocycles. The Morgan fingerprint density at radius 3 is 2.70 bits per heavy atom. The molecule has 1 rings (SSSR count). The Labute approximate surface area is 135 Å². The summed E-state index contributed by atoms with van der Waals surface area (Å²) in [6.07, 6.45) is 3.23. The van der Waals surface area contributed by atoms with Gasteiger partial charge in [0.05, 0.1) is 11.6 Å². The van der Waals surface area contributed by atoms with E-state index in [4.69, 9.17) is 23.2 Å². The maximum Gasteiger partial charge on any atom is 0.191 e. The van der Waals surface area contributed by atoms with Crippen molar-refractivity contribution in [2.24, 2.45) is 12.0 Å². The second-order valence-corrected chi connectivity index (χ2v) is 6.05. The summed E-state index contributed by atoms with van der Waals surface area (Å²) in [5.74, 6) is 1.97. The van der Waals surface area contributed by atoms with E-state index in [1.165, 1.54) is 0 Å². The van der Waals surface area contributed by atoms with E-state index < -0.39 is 0 Å². The summed E-state index contributed by atoms with van der Waals surface area (Å²) in [5.41, 5.74) is 0.987. The van der Waals surface area contributed by atoms with E-state index in [2.05, 4.69) is 28.8 Å². The molecule has 2 N–H and O–H groups in total. The molecule has 4 nitrogen and oxygen atoms in total. The van der Waals surface area contributed by atoms with Gasteiger partial charge >= 0.3 is 0 Å². The summed E-state index contributed by atoms with van der Waals surface area (Å²) >= 11 is 13.9. The second-order valence-electron chi connectivity index (χ2n) is 4.30. The Hall–Kier alpha value is -0.520. The average molecular weight is 337 g/mol. The summed E-state index contributed by atoms with van der Waals surface area (Å²) < 4.78 is 1.85. The molecule has 0 radical (unpaired) electrons. The molecule has 7 heteroatoms. The summed E-state index contributed by atoms with van der Waals surface area (Å²) in [5, 5.41) is 7.66. The van der Waals surface area contributed by atoms with Crippen molar-refractivity contribution < 1.29 is 0 Å². The van der Waals surface area contributed by atoms with Crippen molar-refractivity contribution >= 4 is 40.9 Å². The van der Waals surface area contributed by atoms with Gasteiger partial charge in [0, 0.05) is 25.8 Å². The van der Waals surface area contributed by atoms with E-state index in [1.807, 2.05) is 29.4 Å². The lowest BCUT2D eigenvalue weighted by atomic mass is 10.4. The van der Waals surface area contributed by atoms with Crippen LogP contribution in [-0.4, -0.2) is 35.6 Å². The number of rotatable bonds is 7. The molecule has 0 aliphatic rings. The molecule has 114 valence electrons. The monoisotopic (exact) mass is 336 g/mol. The van der Waals surface area contributed by atoms with Crippen molar-refractivity contribution in [1.82, 2.24) is 15.2 Å². The molecule has 1 heterocycles. The third-order valence-corrected chi connectivity index (χ3v) is 4.32. The van der Waals surface area contributed by atoms with Crippen LogP contribution in [0, 0.1) is 0 Å². The van der Waals surface area contributed by atoms with E-state index in [1.54, 1.807) is 0 Å². The van der Waals surface area contributed by atoms with Gasteiger partial charge in [-0.25, -0.2) is 4.99 Å². The van der Waals surface area contributed by atoms with Gasteiger partial charge in [-0.3, -0.25) is 0 Å². The van der Waals surface area contributed by atoms with Gasteiger partial charge in [0.1, 0.15) is 5.15 Å². The third-order valence-electron chi connectivity index (χ3n) is 2.78. The van der Waals surface area contributed by atoms with Gasteiger partial charge in [0.2, 0.25) is 0 Å². The highest BCUT2D eigenvalue weighted by Gasteiger charge is 2.08. The summed E-state index contributed by atoms with van der Waals surface area (Å²) in [7, 11) is 1.89. The molecule has 0 saturated carbocycles. The van der Waals surface area contributed by atoms with Crippen LogP contribution in [0.2, 0.25) is 10.2 Å². The highest BCUT2D eigenvalue weighted by molar-refractivity contribution is 7.98. The first-order valence-corrected chi connectivity index (χ1v) is 8.75. The molecule has 0 amide bonds. The number of thioether (sulfide) groups is 1. The van der Waals surface area contributed by atoms with Crippen LogP contribution in [0.3, 0.4) is 0 Å². The van der Waals surface area contributed by atoms with E-state index in [0.717, 1.165) is 36.9 Å². The number of halogens is 2. The van der Waals surface area contributed by atoms with Crippen LogP contribution < -0.4 is 10.6 Å². The fourth-order valence-corrected chi connectivity index (χ4v) is 2.51. The lowest BCUT2D eigenvalue weighted by Crippen LogP contribution is -2.37. The molecule has 1 aromatic heterocycles. The van der Waals surface area contributed by atoms with Crippen LogP contribution in [0.25, 0.3) is 0 Å². The molecule has 0 aliphatic heterocycles. The predicted octanol–water partition coefficient (Wildman–Crippen LogP) is 3.14. The number of aromatic nitrogens is 1. The van der Waals surface area contributed by atoms with Gasteiger partial charge in [0.15, 0.2) is 5.96 Å². The zero-order valence-corrected chi connectivity index (χ0v) is 14.5. The molecule has 0 atom stereocenters. The summed E-state index contributed by atoms with van der Waals surface area (Å²) in [6, 6.07) is 1.85. The van der Waals surface area contributed by atoms with Crippen molar-refractivity contribution in [3.05, 3.63) is 21.9 Å². The Morgan fingerprint density at radius 1 is 1.40 bits per heavy atom. The fourth-order valence-electron chi connectivity index (χ4n) is 1.67. The standard InChI is InChI=1S/C13H22Cl2N4S/c1-4-16-13(17-6-5-7-20-3)18-9-10-8-11(14)12(15)19(10)2/h8H,4-7,9H2,1-3H3,(H2,16,17,18). The van der Waals surface area contributed by atoms with Gasteiger partial charge in [-0.05, 0) is 31.4 Å². The lowest BCUT2D eigenvalue weighted by Gasteiger charge is -2.11. The minimum Gasteiger partial charge on any atom is -0.357 e. The molecule has 0 spiro atoms. The topological polar surface area (TPSA) is 41.4 Å². The Morgan fingerprint density at radius 2 is 2.15 bits per heavy atom. The summed E-state index contributed by atoms with van der Waals surface area (Å²) in [4.78, 5) is 4.55. The Kier molecular flexibility index (Phi) is 8.26. The zero-order valence-electron chi connectivity index (χ0n) is 12.2. The van der Waals surface area contributed by atoms with E-state index in [-0.39, 0.29) is 0 Å². The van der Waals surface area contributed by atoms with E-state index in [9.17, 15) is 0 Å². The zero-order chi connectivity index (χ0) is 15.0. The fraction of sp³-hybridized carbons (Fsp3) is 0.615. The number of hydrogen-bond acceptors (Lipinski definition) is 2. The van der Waals surface area contributed by atoms with Crippen molar-refractivity contribution in [2.45, 2.75) is 19.9 Å². The smallest absolute Gasteiger partial charge is 0.191 e. The van der Waals surface area contributed by atoms with Crippen LogP contribution in [0.15, 0.2) is 11.1 Å². The van der Waals surface area contributed by atoms with Crippen LogP contribution in [0.5, 0.6) is 0 Å². The third kappa shape index (κ3) is 5.46. The number of nitrogens with one attached hydrogen (secondary N) is 2. The SMILES string of the molecule is CCNC(=NCc1cc(Cl)c(Cl)n1C)NCCCSC. The molecular weight excluding hydrogens is 315 g/mol. The van der Waals surface area contributed by atoms with Gasteiger partial charge < -0.3 is 15.2 Å². The minimum absolute atomic E-state index is 0.542. The maximum atomic E-state index is 6.04. The number of aliphatic imine (C=N–C) groups is 1. The number of hydrogen-bond donors (Lipinski definition) is 2. The molecule has 20 heavy (non-hydrogen) atoms. The number of nitrogens with zero attached hydrogens (tertiary/aromatic N) is 2. The minimum atomic E-state index is 0.542. The Bertz CT molecular complexity index is 446. The highest BCUT2D eigenvalue weighted by atomic mass is 35.5. The van der Waals surface area contributed by atoms with Crippen molar-refractivity contribution in [3.8, 4) is 0 Å². The van der Waals surface area contributed by atoms with Gasteiger partial charge in [-0.1, -0.05) is 23.2 Å². The molecule has 0 bridgehead atoms. The normalized spacial score (nSPS) is 11.8. The van der Waals surface area contributed by atoms with Gasteiger partial charge in [-0.2, -0.15) is 11.8 Å². The molecule has 0 aliphatic carbocycles. The number of guanidine groups is 1. The van der Waals surface area contributed by atoms with Crippen LogP contribution in [0.4, 0.5) is 0 Å². The maximum absolute atomic E-state index is 6.04. The summed E-state index contributed by atoms with van der Waals surface area (Å²) in [6.45, 7) is 4.35. The Balaban J connectivity index is 2.59. The largest absolute Gasteiger partial charge is 0.357 e. The van der Waals surface area contributed by atoms with Crippen LogP contribution in [0.1, 0.15) is 19.0 Å². The highest BCUT2D eigenvalue weighted by Crippen LogP contribution is 2.25. The van der Waals surface area contributed by atoms with Crippen molar-refractivity contribution in [1.29, 1.82) is 0 Å². The quantitative estimate of drug-likeness (QED) is 0.456. The second kappa shape index (κ2) is 9.42. The first-order chi connectivity index (χ1) is 9.60. The van der Waals surface area contributed by atoms with Crippen LogP contribution >= 0.6 is 35.0 Å². The molecule has 1 aromatic rings.